The highest BCUT2D eigenvalue weighted by molar-refractivity contribution is 7.92. The zero-order valence-electron chi connectivity index (χ0n) is 17.6. The number of carbonyl (C=O) groups excluding carboxylic acids is 1. The third-order valence-electron chi connectivity index (χ3n) is 4.82. The van der Waals surface area contributed by atoms with Crippen LogP contribution >= 0.6 is 0 Å². The Morgan fingerprint density at radius 2 is 1.47 bits per heavy atom. The quantitative estimate of drug-likeness (QED) is 0.623. The van der Waals surface area contributed by atoms with E-state index in [2.05, 4.69) is 5.32 Å². The summed E-state index contributed by atoms with van der Waals surface area (Å²) in [6, 6.07) is 21.8. The third kappa shape index (κ3) is 4.89. The summed E-state index contributed by atoms with van der Waals surface area (Å²) in [7, 11) is -3.68. The fourth-order valence-electron chi connectivity index (χ4n) is 3.59. The number of hydrogen-bond acceptors (Lipinski definition) is 3. The van der Waals surface area contributed by atoms with E-state index in [4.69, 9.17) is 0 Å². The highest BCUT2D eigenvalue weighted by atomic mass is 32.2. The van der Waals surface area contributed by atoms with E-state index >= 15 is 0 Å². The van der Waals surface area contributed by atoms with E-state index in [9.17, 15) is 13.2 Å². The summed E-state index contributed by atoms with van der Waals surface area (Å²) in [5.41, 5.74) is 4.82. The Bertz CT molecular complexity index is 1140. The SMILES string of the molecule is Cc1cc(C)cc(N([C@H](C)C(=O)Nc2ccccc2-c2ccccc2)S(C)(=O)=O)c1. The van der Waals surface area contributed by atoms with Crippen LogP contribution in [0.25, 0.3) is 11.1 Å². The number of anilines is 2. The van der Waals surface area contributed by atoms with E-state index in [-0.39, 0.29) is 0 Å². The second kappa shape index (κ2) is 8.71. The zero-order valence-corrected chi connectivity index (χ0v) is 18.4. The molecular weight excluding hydrogens is 396 g/mol. The van der Waals surface area contributed by atoms with E-state index < -0.39 is 22.0 Å². The average Bonchev–Trinajstić information content (AvgIpc) is 2.67. The first kappa shape index (κ1) is 21.6. The van der Waals surface area contributed by atoms with Gasteiger partial charge in [-0.1, -0.05) is 54.6 Å². The molecule has 5 nitrogen and oxygen atoms in total. The second-order valence-electron chi connectivity index (χ2n) is 7.48. The van der Waals surface area contributed by atoms with Crippen molar-refractivity contribution in [2.24, 2.45) is 0 Å². The molecule has 30 heavy (non-hydrogen) atoms. The molecule has 1 amide bonds. The van der Waals surface area contributed by atoms with Gasteiger partial charge in [0.15, 0.2) is 0 Å². The Morgan fingerprint density at radius 1 is 0.900 bits per heavy atom. The van der Waals surface area contributed by atoms with Crippen molar-refractivity contribution in [1.29, 1.82) is 0 Å². The summed E-state index contributed by atoms with van der Waals surface area (Å²) in [6.45, 7) is 5.40. The van der Waals surface area contributed by atoms with E-state index in [1.807, 2.05) is 74.5 Å². The number of rotatable bonds is 6. The molecule has 0 aliphatic carbocycles. The summed E-state index contributed by atoms with van der Waals surface area (Å²) in [5.74, 6) is -0.400. The summed E-state index contributed by atoms with van der Waals surface area (Å²) >= 11 is 0. The van der Waals surface area contributed by atoms with Crippen LogP contribution in [0.3, 0.4) is 0 Å². The van der Waals surface area contributed by atoms with Crippen LogP contribution in [-0.2, 0) is 14.8 Å². The Hall–Kier alpha value is -3.12. The van der Waals surface area contributed by atoms with Gasteiger partial charge in [-0.15, -0.1) is 0 Å². The number of amides is 1. The van der Waals surface area contributed by atoms with Gasteiger partial charge < -0.3 is 5.32 Å². The van der Waals surface area contributed by atoms with Crippen LogP contribution in [0.2, 0.25) is 0 Å². The van der Waals surface area contributed by atoms with Crippen molar-refractivity contribution in [2.45, 2.75) is 26.8 Å². The van der Waals surface area contributed by atoms with E-state index in [1.54, 1.807) is 19.1 Å². The van der Waals surface area contributed by atoms with E-state index in [0.29, 0.717) is 11.4 Å². The van der Waals surface area contributed by atoms with Crippen molar-refractivity contribution in [3.63, 3.8) is 0 Å². The van der Waals surface area contributed by atoms with Gasteiger partial charge in [0, 0.05) is 11.3 Å². The monoisotopic (exact) mass is 422 g/mol. The van der Waals surface area contributed by atoms with E-state index in [0.717, 1.165) is 28.5 Å². The van der Waals surface area contributed by atoms with Crippen molar-refractivity contribution in [3.05, 3.63) is 83.9 Å². The predicted octanol–water partition coefficient (Wildman–Crippen LogP) is 4.76. The number of hydrogen-bond donors (Lipinski definition) is 1. The summed E-state index contributed by atoms with van der Waals surface area (Å²) in [5, 5.41) is 2.92. The molecule has 0 saturated carbocycles. The third-order valence-corrected chi connectivity index (χ3v) is 6.06. The molecule has 3 aromatic rings. The Balaban J connectivity index is 1.95. The van der Waals surface area contributed by atoms with Gasteiger partial charge in [-0.05, 0) is 55.7 Å². The van der Waals surface area contributed by atoms with Gasteiger partial charge in [-0.3, -0.25) is 9.10 Å². The molecule has 0 aromatic heterocycles. The van der Waals surface area contributed by atoms with Gasteiger partial charge in [0.05, 0.1) is 11.9 Å². The van der Waals surface area contributed by atoms with Crippen LogP contribution in [0.15, 0.2) is 72.8 Å². The molecular formula is C24H26N2O3S. The maximum absolute atomic E-state index is 13.1. The van der Waals surface area contributed by atoms with Crippen molar-refractivity contribution < 1.29 is 13.2 Å². The fraction of sp³-hybridized carbons (Fsp3) is 0.208. The Labute approximate surface area is 178 Å². The molecule has 1 atom stereocenters. The van der Waals surface area contributed by atoms with Crippen molar-refractivity contribution >= 4 is 27.3 Å². The number of nitrogens with zero attached hydrogens (tertiary/aromatic N) is 1. The molecule has 3 rings (SSSR count). The first-order valence-corrected chi connectivity index (χ1v) is 11.5. The lowest BCUT2D eigenvalue weighted by Crippen LogP contribution is -2.45. The largest absolute Gasteiger partial charge is 0.324 e. The molecule has 0 aliphatic rings. The lowest BCUT2D eigenvalue weighted by molar-refractivity contribution is -0.116. The van der Waals surface area contributed by atoms with Crippen LogP contribution in [-0.4, -0.2) is 26.6 Å². The lowest BCUT2D eigenvalue weighted by atomic mass is 10.0. The van der Waals surface area contributed by atoms with Gasteiger partial charge in [0.25, 0.3) is 0 Å². The summed E-state index contributed by atoms with van der Waals surface area (Å²) < 4.78 is 26.3. The van der Waals surface area contributed by atoms with Crippen molar-refractivity contribution in [3.8, 4) is 11.1 Å². The topological polar surface area (TPSA) is 66.5 Å². The average molecular weight is 423 g/mol. The predicted molar refractivity (Wildman–Crippen MR) is 123 cm³/mol. The molecule has 0 bridgehead atoms. The zero-order chi connectivity index (χ0) is 21.9. The van der Waals surface area contributed by atoms with Gasteiger partial charge >= 0.3 is 0 Å². The summed E-state index contributed by atoms with van der Waals surface area (Å²) in [6.07, 6.45) is 1.12. The molecule has 0 radical (unpaired) electrons. The first-order chi connectivity index (χ1) is 14.2. The first-order valence-electron chi connectivity index (χ1n) is 9.70. The molecule has 0 unspecified atom stereocenters. The van der Waals surface area contributed by atoms with Crippen LogP contribution in [0, 0.1) is 13.8 Å². The minimum Gasteiger partial charge on any atom is -0.324 e. The highest BCUT2D eigenvalue weighted by Crippen LogP contribution is 2.29. The number of aryl methyl sites for hydroxylation is 2. The Morgan fingerprint density at radius 3 is 2.07 bits per heavy atom. The number of benzene rings is 3. The van der Waals surface area contributed by atoms with E-state index in [1.165, 1.54) is 4.31 Å². The maximum atomic E-state index is 13.1. The number of nitrogens with one attached hydrogen (secondary N) is 1. The molecule has 1 N–H and O–H groups in total. The van der Waals surface area contributed by atoms with Crippen molar-refractivity contribution in [2.75, 3.05) is 15.9 Å². The minimum atomic E-state index is -3.68. The van der Waals surface area contributed by atoms with Gasteiger partial charge in [-0.2, -0.15) is 0 Å². The van der Waals surface area contributed by atoms with Crippen LogP contribution < -0.4 is 9.62 Å². The van der Waals surface area contributed by atoms with Crippen LogP contribution in [0.5, 0.6) is 0 Å². The van der Waals surface area contributed by atoms with Crippen LogP contribution in [0.1, 0.15) is 18.1 Å². The smallest absolute Gasteiger partial charge is 0.248 e. The normalized spacial score (nSPS) is 12.3. The number of carbonyl (C=O) groups is 1. The standard InChI is InChI=1S/C24H26N2O3S/c1-17-14-18(2)16-21(15-17)26(30(4,28)29)19(3)24(27)25-23-13-9-8-12-22(23)20-10-6-5-7-11-20/h5-16,19H,1-4H3,(H,25,27)/t19-/m1/s1. The fourth-order valence-corrected chi connectivity index (χ4v) is 4.74. The highest BCUT2D eigenvalue weighted by Gasteiger charge is 2.29. The second-order valence-corrected chi connectivity index (χ2v) is 9.34. The maximum Gasteiger partial charge on any atom is 0.248 e. The molecule has 156 valence electrons. The molecule has 0 spiro atoms. The lowest BCUT2D eigenvalue weighted by Gasteiger charge is -2.29. The van der Waals surface area contributed by atoms with Gasteiger partial charge in [0.2, 0.25) is 15.9 Å². The summed E-state index contributed by atoms with van der Waals surface area (Å²) in [4.78, 5) is 13.1. The number of sulfonamides is 1. The van der Waals surface area contributed by atoms with Crippen molar-refractivity contribution in [1.82, 2.24) is 0 Å². The van der Waals surface area contributed by atoms with Crippen LogP contribution in [0.4, 0.5) is 11.4 Å². The van der Waals surface area contributed by atoms with Gasteiger partial charge in [0.1, 0.15) is 6.04 Å². The molecule has 3 aromatic carbocycles. The number of para-hydroxylation sites is 1. The molecule has 0 fully saturated rings. The molecule has 0 aliphatic heterocycles. The van der Waals surface area contributed by atoms with Gasteiger partial charge in [-0.25, -0.2) is 8.42 Å². The molecule has 6 heteroatoms. The molecule has 0 saturated heterocycles. The molecule has 0 heterocycles. The Kier molecular flexibility index (Phi) is 6.27. The minimum absolute atomic E-state index is 0.400.